The summed E-state index contributed by atoms with van der Waals surface area (Å²) < 4.78 is 16.5. The van der Waals surface area contributed by atoms with E-state index in [1.54, 1.807) is 23.1 Å². The first-order valence-electron chi connectivity index (χ1n) is 8.50. The first-order valence-corrected chi connectivity index (χ1v) is 8.50. The molecule has 1 amide bonds. The summed E-state index contributed by atoms with van der Waals surface area (Å²) in [7, 11) is 1.84. The van der Waals surface area contributed by atoms with Crippen molar-refractivity contribution in [3.8, 4) is 11.3 Å². The molecule has 0 atom stereocenters. The van der Waals surface area contributed by atoms with E-state index in [0.29, 0.717) is 24.4 Å². The van der Waals surface area contributed by atoms with Crippen LogP contribution in [0, 0.1) is 0 Å². The van der Waals surface area contributed by atoms with E-state index in [0.717, 1.165) is 16.6 Å². The summed E-state index contributed by atoms with van der Waals surface area (Å²) in [5, 5.41) is 10.6. The average Bonchev–Trinajstić information content (AvgIpc) is 3.08. The van der Waals surface area contributed by atoms with Gasteiger partial charge in [-0.05, 0) is 25.2 Å². The van der Waals surface area contributed by atoms with E-state index >= 15 is 0 Å². The fraction of sp³-hybridized carbons (Fsp3) is 0.333. The molecule has 4 rings (SSSR count). The molecule has 1 fully saturated rings. The molecular weight excluding hydrogens is 335 g/mol. The van der Waals surface area contributed by atoms with Crippen molar-refractivity contribution in [1.29, 1.82) is 0 Å². The van der Waals surface area contributed by atoms with Crippen molar-refractivity contribution in [2.24, 2.45) is 7.05 Å². The number of nitrogens with one attached hydrogen (secondary N) is 2. The lowest BCUT2D eigenvalue weighted by atomic mass is 9.93. The Morgan fingerprint density at radius 3 is 2.85 bits per heavy atom. The molecule has 3 aromatic heterocycles. The number of piperidine rings is 1. The summed E-state index contributed by atoms with van der Waals surface area (Å²) in [6, 6.07) is 5.47. The van der Waals surface area contributed by atoms with Crippen LogP contribution >= 0.6 is 0 Å². The quantitative estimate of drug-likeness (QED) is 0.752. The van der Waals surface area contributed by atoms with Crippen molar-refractivity contribution in [3.05, 3.63) is 36.8 Å². The van der Waals surface area contributed by atoms with Crippen LogP contribution in [-0.2, 0) is 11.8 Å². The van der Waals surface area contributed by atoms with Crippen LogP contribution < -0.4 is 10.6 Å². The molecule has 0 radical (unpaired) electrons. The molecule has 0 unspecified atom stereocenters. The molecule has 1 aliphatic heterocycles. The number of amides is 1. The van der Waals surface area contributed by atoms with Crippen LogP contribution in [0.15, 0.2) is 36.8 Å². The van der Waals surface area contributed by atoms with Gasteiger partial charge in [-0.2, -0.15) is 5.10 Å². The molecule has 7 nitrogen and oxygen atoms in total. The Bertz CT molecular complexity index is 963. The highest BCUT2D eigenvalue weighted by Crippen LogP contribution is 2.26. The number of carbonyl (C=O) groups excluding carboxylic acids is 1. The second kappa shape index (κ2) is 6.45. The molecule has 0 spiro atoms. The van der Waals surface area contributed by atoms with Crippen molar-refractivity contribution in [1.82, 2.24) is 25.1 Å². The maximum absolute atomic E-state index is 14.7. The van der Waals surface area contributed by atoms with Crippen LogP contribution in [0.2, 0.25) is 0 Å². The minimum atomic E-state index is -1.85. The third-order valence-corrected chi connectivity index (χ3v) is 4.62. The molecule has 0 aromatic carbocycles. The fourth-order valence-corrected chi connectivity index (χ4v) is 3.08. The summed E-state index contributed by atoms with van der Waals surface area (Å²) in [5.74, 6) is -0.344. The van der Waals surface area contributed by atoms with Crippen LogP contribution in [-0.4, -0.2) is 44.4 Å². The lowest BCUT2D eigenvalue weighted by Gasteiger charge is -2.28. The summed E-state index contributed by atoms with van der Waals surface area (Å²) in [4.78, 5) is 21.1. The van der Waals surface area contributed by atoms with Gasteiger partial charge in [-0.25, -0.2) is 14.4 Å². The number of hydrogen-bond donors (Lipinski definition) is 2. The SMILES string of the molecule is Cn1cc(-c2ccc3cnc(NC(=O)C4(F)CCNCC4)cc3n2)cn1. The molecule has 0 saturated carbocycles. The molecule has 8 heteroatoms. The molecule has 3 aromatic rings. The van der Waals surface area contributed by atoms with Crippen molar-refractivity contribution >= 4 is 22.6 Å². The van der Waals surface area contributed by atoms with Crippen molar-refractivity contribution in [2.45, 2.75) is 18.5 Å². The lowest BCUT2D eigenvalue weighted by molar-refractivity contribution is -0.129. The van der Waals surface area contributed by atoms with Gasteiger partial charge in [0, 0.05) is 49.3 Å². The number of alkyl halides is 1. The smallest absolute Gasteiger partial charge is 0.263 e. The van der Waals surface area contributed by atoms with Gasteiger partial charge in [0.2, 0.25) is 0 Å². The van der Waals surface area contributed by atoms with E-state index in [2.05, 4.69) is 25.7 Å². The molecule has 1 aliphatic rings. The number of fused-ring (bicyclic) bond motifs is 1. The number of pyridine rings is 2. The molecule has 26 heavy (non-hydrogen) atoms. The van der Waals surface area contributed by atoms with Crippen LogP contribution in [0.5, 0.6) is 0 Å². The van der Waals surface area contributed by atoms with Crippen molar-refractivity contribution in [2.75, 3.05) is 18.4 Å². The summed E-state index contributed by atoms with van der Waals surface area (Å²) in [6.07, 6.45) is 5.56. The maximum atomic E-state index is 14.7. The number of aromatic nitrogens is 4. The Labute approximate surface area is 149 Å². The first kappa shape index (κ1) is 16.6. The normalized spacial score (nSPS) is 16.5. The van der Waals surface area contributed by atoms with Gasteiger partial charge in [0.05, 0.1) is 17.4 Å². The van der Waals surface area contributed by atoms with Gasteiger partial charge in [0.1, 0.15) is 5.82 Å². The molecule has 2 N–H and O–H groups in total. The van der Waals surface area contributed by atoms with E-state index in [-0.39, 0.29) is 12.8 Å². The van der Waals surface area contributed by atoms with Crippen molar-refractivity contribution < 1.29 is 9.18 Å². The average molecular weight is 354 g/mol. The second-order valence-corrected chi connectivity index (χ2v) is 6.53. The van der Waals surface area contributed by atoms with Gasteiger partial charge in [-0.3, -0.25) is 9.48 Å². The van der Waals surface area contributed by atoms with Crippen LogP contribution in [0.4, 0.5) is 10.2 Å². The Hall–Kier alpha value is -2.87. The van der Waals surface area contributed by atoms with Crippen LogP contribution in [0.25, 0.3) is 22.2 Å². The number of aryl methyl sites for hydroxylation is 1. The fourth-order valence-electron chi connectivity index (χ4n) is 3.08. The Morgan fingerprint density at radius 1 is 1.31 bits per heavy atom. The second-order valence-electron chi connectivity index (χ2n) is 6.53. The summed E-state index contributed by atoms with van der Waals surface area (Å²) in [5.41, 5.74) is 0.492. The van der Waals surface area contributed by atoms with Crippen LogP contribution in [0.1, 0.15) is 12.8 Å². The Balaban J connectivity index is 1.61. The number of hydrogen-bond acceptors (Lipinski definition) is 5. The number of rotatable bonds is 3. The van der Waals surface area contributed by atoms with Crippen LogP contribution in [0.3, 0.4) is 0 Å². The largest absolute Gasteiger partial charge is 0.316 e. The van der Waals surface area contributed by atoms with E-state index in [9.17, 15) is 9.18 Å². The number of nitrogens with zero attached hydrogens (tertiary/aromatic N) is 4. The third kappa shape index (κ3) is 3.15. The Kier molecular flexibility index (Phi) is 4.12. The van der Waals surface area contributed by atoms with Gasteiger partial charge >= 0.3 is 0 Å². The number of anilines is 1. The highest BCUT2D eigenvalue weighted by Gasteiger charge is 2.39. The van der Waals surface area contributed by atoms with E-state index in [1.807, 2.05) is 25.4 Å². The first-order chi connectivity index (χ1) is 12.5. The topological polar surface area (TPSA) is 84.7 Å². The lowest BCUT2D eigenvalue weighted by Crippen LogP contribution is -2.47. The zero-order valence-corrected chi connectivity index (χ0v) is 14.4. The monoisotopic (exact) mass is 354 g/mol. The third-order valence-electron chi connectivity index (χ3n) is 4.62. The molecular formula is C18H19FN6O. The minimum absolute atomic E-state index is 0.163. The highest BCUT2D eigenvalue weighted by molar-refractivity contribution is 5.97. The molecule has 134 valence electrons. The van der Waals surface area contributed by atoms with Gasteiger partial charge in [0.15, 0.2) is 5.67 Å². The number of halogens is 1. The van der Waals surface area contributed by atoms with Gasteiger partial charge in [-0.1, -0.05) is 0 Å². The minimum Gasteiger partial charge on any atom is -0.316 e. The maximum Gasteiger partial charge on any atom is 0.263 e. The van der Waals surface area contributed by atoms with Gasteiger partial charge in [-0.15, -0.1) is 0 Å². The molecule has 4 heterocycles. The predicted octanol–water partition coefficient (Wildman–Crippen LogP) is 2.06. The van der Waals surface area contributed by atoms with Crippen molar-refractivity contribution in [3.63, 3.8) is 0 Å². The van der Waals surface area contributed by atoms with Gasteiger partial charge < -0.3 is 10.6 Å². The molecule has 0 bridgehead atoms. The van der Waals surface area contributed by atoms with E-state index in [1.165, 1.54) is 0 Å². The standard InChI is InChI=1S/C18H19FN6O/c1-25-11-13(10-22-25)14-3-2-12-9-21-16(8-15(12)23-14)24-17(26)18(19)4-6-20-7-5-18/h2-3,8-11,20H,4-7H2,1H3,(H,21,24,26). The highest BCUT2D eigenvalue weighted by atomic mass is 19.1. The van der Waals surface area contributed by atoms with E-state index < -0.39 is 11.6 Å². The molecule has 1 saturated heterocycles. The summed E-state index contributed by atoms with van der Waals surface area (Å²) >= 11 is 0. The number of carbonyl (C=O) groups is 1. The van der Waals surface area contributed by atoms with E-state index in [4.69, 9.17) is 0 Å². The Morgan fingerprint density at radius 2 is 2.12 bits per heavy atom. The zero-order valence-electron chi connectivity index (χ0n) is 14.4. The zero-order chi connectivity index (χ0) is 18.1. The summed E-state index contributed by atoms with van der Waals surface area (Å²) in [6.45, 7) is 0.982. The predicted molar refractivity (Wildman–Crippen MR) is 96.3 cm³/mol. The van der Waals surface area contributed by atoms with Gasteiger partial charge in [0.25, 0.3) is 5.91 Å². The molecule has 0 aliphatic carbocycles.